The van der Waals surface area contributed by atoms with E-state index < -0.39 is 49.2 Å². The van der Waals surface area contributed by atoms with Crippen molar-refractivity contribution in [3.63, 3.8) is 0 Å². The minimum Gasteiger partial charge on any atom is -0.419 e. The summed E-state index contributed by atoms with van der Waals surface area (Å²) in [6, 6.07) is 15.2. The highest BCUT2D eigenvalue weighted by atomic mass is 32.2. The zero-order chi connectivity index (χ0) is 55.6. The molecule has 2 heterocycles. The molecule has 0 aliphatic carbocycles. The number of fused-ring (bicyclic) bond motifs is 1. The largest absolute Gasteiger partial charge is 0.419 e. The summed E-state index contributed by atoms with van der Waals surface area (Å²) in [4.78, 5) is 116. The molecule has 6 rings (SSSR count). The Balaban J connectivity index is 1.62. The molecule has 0 atom stereocenters. The molecule has 0 aliphatic heterocycles. The molecular formula is C44H43N15O13S4. The standard InChI is InChI=1S/C44H43N15O13S4/c1-54(23-60)43(55(2)24-61,56(3)25-62)39(66)47-34-9-7-8-33-37(34)35(50-48-29-10-14-31(15-11-29)75(68,69)52-41-45-18-20-73-41)22-36(38(33)72-40(67)44(57(4)26-63,58(5)27-64)59(6)28-65)51-49-30-12-16-32(17-13-30)76(70,71)53-42-46-19-21-74-42/h7-28H,1-6H3,(H,45,52)(H,46,53)(H,47,66). The third-order valence-corrected chi connectivity index (χ3v) is 15.5. The molecule has 0 radical (unpaired) electrons. The first-order valence-electron chi connectivity index (χ1n) is 21.3. The number of hydrogen-bond donors (Lipinski definition) is 3. The summed E-state index contributed by atoms with van der Waals surface area (Å²) in [5.41, 5.74) is -0.729. The van der Waals surface area contributed by atoms with Crippen molar-refractivity contribution in [1.29, 1.82) is 0 Å². The molecule has 396 valence electrons. The van der Waals surface area contributed by atoms with Crippen LogP contribution in [0.1, 0.15) is 0 Å². The SMILES string of the molecule is CN(C=O)C(C(=O)Nc1cccc2c(OC(=O)C(N(C)C=O)(N(C)C=O)N(C)C=O)c(N=Nc3ccc(S(=O)(=O)Nc4nccs4)cc3)cc(N=Nc3ccc(S(=O)(=O)Nc4nccs4)cc3)c12)(N(C)C=O)N(C)C=O. The molecule has 3 N–H and O–H groups in total. The number of rotatable bonds is 26. The number of sulfonamides is 2. The molecule has 0 saturated heterocycles. The normalized spacial score (nSPS) is 11.8. The van der Waals surface area contributed by atoms with Gasteiger partial charge in [0.2, 0.25) is 38.5 Å². The maximum Gasteiger partial charge on any atom is 0.381 e. The molecule has 32 heteroatoms. The van der Waals surface area contributed by atoms with Gasteiger partial charge in [-0.25, -0.2) is 31.6 Å². The second-order valence-electron chi connectivity index (χ2n) is 15.7. The van der Waals surface area contributed by atoms with Crippen LogP contribution in [0.3, 0.4) is 0 Å². The molecule has 2 aromatic heterocycles. The number of likely N-dealkylation sites (N-methyl/N-ethyl adjacent to an activating group) is 6. The minimum absolute atomic E-state index is 0.0276. The minimum atomic E-state index is -4.12. The summed E-state index contributed by atoms with van der Waals surface area (Å²) in [6.45, 7) is 0. The first-order valence-corrected chi connectivity index (χ1v) is 26.0. The maximum atomic E-state index is 14.8. The van der Waals surface area contributed by atoms with Crippen LogP contribution in [0.4, 0.5) is 38.7 Å². The number of hydrogen-bond acceptors (Lipinski definition) is 21. The number of nitrogens with one attached hydrogen (secondary N) is 3. The Hall–Kier alpha value is -9.14. The fraction of sp³-hybridized carbons (Fsp3) is 0.182. The predicted octanol–water partition coefficient (Wildman–Crippen LogP) is 3.87. The number of carbonyl (C=O) groups excluding carboxylic acids is 8. The summed E-state index contributed by atoms with van der Waals surface area (Å²) in [5, 5.41) is 23.0. The summed E-state index contributed by atoms with van der Waals surface area (Å²) in [6.07, 6.45) is 3.80. The molecule has 4 aromatic carbocycles. The van der Waals surface area contributed by atoms with Crippen LogP contribution in [0.5, 0.6) is 5.75 Å². The molecule has 76 heavy (non-hydrogen) atoms. The van der Waals surface area contributed by atoms with E-state index in [1.165, 1.54) is 79.1 Å². The van der Waals surface area contributed by atoms with Gasteiger partial charge in [0.1, 0.15) is 5.69 Å². The molecule has 0 fully saturated rings. The molecule has 0 unspecified atom stereocenters. The summed E-state index contributed by atoms with van der Waals surface area (Å²) in [7, 11) is -1.62. The van der Waals surface area contributed by atoms with Gasteiger partial charge < -0.3 is 10.1 Å². The van der Waals surface area contributed by atoms with Crippen LogP contribution >= 0.6 is 22.7 Å². The number of aromatic nitrogens is 2. The van der Waals surface area contributed by atoms with Crippen LogP contribution in [0.2, 0.25) is 0 Å². The van der Waals surface area contributed by atoms with Gasteiger partial charge in [-0.3, -0.25) is 72.4 Å². The van der Waals surface area contributed by atoms with Gasteiger partial charge >= 0.3 is 5.97 Å². The zero-order valence-corrected chi connectivity index (χ0v) is 43.8. The Bertz CT molecular complexity index is 3370. The van der Waals surface area contributed by atoms with Crippen molar-refractivity contribution < 1.29 is 59.9 Å². The van der Waals surface area contributed by atoms with Crippen LogP contribution in [0.15, 0.2) is 126 Å². The number of thiazole rings is 2. The van der Waals surface area contributed by atoms with E-state index in [0.717, 1.165) is 85.7 Å². The fourth-order valence-corrected chi connectivity index (χ4v) is 11.1. The van der Waals surface area contributed by atoms with Crippen molar-refractivity contribution in [3.05, 3.63) is 96.0 Å². The van der Waals surface area contributed by atoms with E-state index in [2.05, 4.69) is 45.2 Å². The fourth-order valence-electron chi connectivity index (χ4n) is 7.50. The van der Waals surface area contributed by atoms with Gasteiger partial charge in [-0.2, -0.15) is 10.2 Å². The highest BCUT2D eigenvalue weighted by molar-refractivity contribution is 7.93. The second-order valence-corrected chi connectivity index (χ2v) is 20.8. The van der Waals surface area contributed by atoms with Gasteiger partial charge in [0, 0.05) is 76.2 Å². The van der Waals surface area contributed by atoms with Crippen LogP contribution in [-0.4, -0.2) is 160 Å². The number of carbonyl (C=O) groups is 8. The molecule has 0 spiro atoms. The van der Waals surface area contributed by atoms with Gasteiger partial charge in [-0.15, -0.1) is 32.9 Å². The van der Waals surface area contributed by atoms with Gasteiger partial charge in [0.25, 0.3) is 37.5 Å². The van der Waals surface area contributed by atoms with E-state index >= 15 is 0 Å². The topological polar surface area (TPSA) is 345 Å². The molecule has 6 aromatic rings. The summed E-state index contributed by atoms with van der Waals surface area (Å²) < 4.78 is 63.3. The first-order chi connectivity index (χ1) is 36.2. The van der Waals surface area contributed by atoms with E-state index in [1.54, 1.807) is 10.8 Å². The van der Waals surface area contributed by atoms with E-state index in [-0.39, 0.29) is 97.7 Å². The van der Waals surface area contributed by atoms with Crippen molar-refractivity contribution in [2.75, 3.05) is 57.0 Å². The van der Waals surface area contributed by atoms with Crippen LogP contribution in [0.25, 0.3) is 10.8 Å². The van der Waals surface area contributed by atoms with Crippen molar-refractivity contribution in [2.45, 2.75) is 21.4 Å². The Labute approximate surface area is 440 Å². The van der Waals surface area contributed by atoms with E-state index in [0.29, 0.717) is 14.7 Å². The van der Waals surface area contributed by atoms with Gasteiger partial charge in [0.05, 0.1) is 32.5 Å². The lowest BCUT2D eigenvalue weighted by molar-refractivity contribution is -0.189. The van der Waals surface area contributed by atoms with E-state index in [9.17, 15) is 55.2 Å². The van der Waals surface area contributed by atoms with E-state index in [4.69, 9.17) is 4.74 Å². The van der Waals surface area contributed by atoms with Crippen molar-refractivity contribution >= 4 is 143 Å². The van der Waals surface area contributed by atoms with Crippen LogP contribution in [0, 0.1) is 0 Å². The van der Waals surface area contributed by atoms with E-state index in [1.807, 2.05) is 0 Å². The number of amides is 7. The number of benzene rings is 4. The number of esters is 1. The monoisotopic (exact) mass is 1120 g/mol. The Morgan fingerprint density at radius 1 is 0.566 bits per heavy atom. The summed E-state index contributed by atoms with van der Waals surface area (Å²) in [5.74, 6) is -8.33. The van der Waals surface area contributed by atoms with Crippen molar-refractivity contribution in [1.82, 2.24) is 39.4 Å². The average Bonchev–Trinajstić information content (AvgIpc) is 4.14. The molecule has 7 amide bonds. The number of azo groups is 2. The second kappa shape index (κ2) is 23.4. The molecule has 0 bridgehead atoms. The quantitative estimate of drug-likeness (QED) is 0.0228. The van der Waals surface area contributed by atoms with Crippen LogP contribution in [-0.2, 0) is 58.4 Å². The Morgan fingerprint density at radius 2 is 0.974 bits per heavy atom. The molecule has 28 nitrogen and oxygen atoms in total. The lowest BCUT2D eigenvalue weighted by Gasteiger charge is -2.46. The lowest BCUT2D eigenvalue weighted by atomic mass is 10.0. The summed E-state index contributed by atoms with van der Waals surface area (Å²) >= 11 is 2.10. The third-order valence-electron chi connectivity index (χ3n) is 11.1. The number of anilines is 3. The highest BCUT2D eigenvalue weighted by Gasteiger charge is 2.53. The lowest BCUT2D eigenvalue weighted by Crippen LogP contribution is -2.72. The van der Waals surface area contributed by atoms with Gasteiger partial charge in [0.15, 0.2) is 16.0 Å². The Morgan fingerprint density at radius 3 is 1.37 bits per heavy atom. The number of ether oxygens (including phenoxy) is 1. The highest BCUT2D eigenvalue weighted by Crippen LogP contribution is 2.47. The van der Waals surface area contributed by atoms with Gasteiger partial charge in [-0.05, 0) is 60.7 Å². The van der Waals surface area contributed by atoms with Crippen LogP contribution < -0.4 is 19.5 Å². The Kier molecular flexibility index (Phi) is 17.3. The first kappa shape index (κ1) is 56.2. The smallest absolute Gasteiger partial charge is 0.381 e. The molecule has 0 aliphatic rings. The third kappa shape index (κ3) is 11.0. The van der Waals surface area contributed by atoms with Crippen molar-refractivity contribution in [2.24, 2.45) is 20.5 Å². The molecular weight excluding hydrogens is 1070 g/mol. The predicted molar refractivity (Wildman–Crippen MR) is 274 cm³/mol. The number of nitrogens with zero attached hydrogens (tertiary/aromatic N) is 12. The van der Waals surface area contributed by atoms with Gasteiger partial charge in [-0.1, -0.05) is 12.1 Å². The maximum absolute atomic E-state index is 14.8. The molecule has 0 saturated carbocycles. The average molecular weight is 1120 g/mol. The van der Waals surface area contributed by atoms with Crippen molar-refractivity contribution in [3.8, 4) is 5.75 Å². The zero-order valence-electron chi connectivity index (χ0n) is 40.5.